The summed E-state index contributed by atoms with van der Waals surface area (Å²) in [5.41, 5.74) is 6.03. The first-order chi connectivity index (χ1) is 14.5. The molecule has 2 rings (SSSR count). The number of nitrogens with two attached hydrogens (primary N) is 1. The van der Waals surface area contributed by atoms with E-state index in [1.54, 1.807) is 12.1 Å². The SMILES string of the molecule is CCCCCCCCCCCCc1ccccc1S(=O)(=O)O.NCCN1C=NCC1. The highest BCUT2D eigenvalue weighted by atomic mass is 32.2. The fourth-order valence-corrected chi connectivity index (χ4v) is 4.27. The van der Waals surface area contributed by atoms with Crippen molar-refractivity contribution in [3.63, 3.8) is 0 Å². The van der Waals surface area contributed by atoms with Crippen molar-refractivity contribution >= 4 is 16.5 Å². The van der Waals surface area contributed by atoms with E-state index < -0.39 is 10.1 Å². The average Bonchev–Trinajstić information content (AvgIpc) is 3.23. The summed E-state index contributed by atoms with van der Waals surface area (Å²) in [7, 11) is -4.10. The molecular formula is C23H41N3O3S. The molecule has 0 spiro atoms. The van der Waals surface area contributed by atoms with Crippen LogP contribution in [-0.2, 0) is 16.5 Å². The van der Waals surface area contributed by atoms with Crippen LogP contribution in [0.2, 0.25) is 0 Å². The molecule has 1 aromatic carbocycles. The first-order valence-corrected chi connectivity index (χ1v) is 12.9. The maximum atomic E-state index is 11.3. The highest BCUT2D eigenvalue weighted by molar-refractivity contribution is 7.85. The van der Waals surface area contributed by atoms with Crippen LogP contribution in [0.25, 0.3) is 0 Å². The van der Waals surface area contributed by atoms with Gasteiger partial charge >= 0.3 is 0 Å². The number of unbranched alkanes of at least 4 members (excludes halogenated alkanes) is 9. The van der Waals surface area contributed by atoms with E-state index in [9.17, 15) is 13.0 Å². The Hall–Kier alpha value is -1.44. The van der Waals surface area contributed by atoms with Crippen molar-refractivity contribution in [3.8, 4) is 0 Å². The summed E-state index contributed by atoms with van der Waals surface area (Å²) in [4.78, 5) is 6.21. The molecule has 6 nitrogen and oxygen atoms in total. The summed E-state index contributed by atoms with van der Waals surface area (Å²) in [6, 6.07) is 6.73. The molecule has 1 aromatic rings. The molecule has 1 aliphatic heterocycles. The van der Waals surface area contributed by atoms with Crippen molar-refractivity contribution in [3.05, 3.63) is 29.8 Å². The van der Waals surface area contributed by atoms with Crippen LogP contribution in [-0.4, -0.2) is 50.4 Å². The minimum Gasteiger partial charge on any atom is -0.360 e. The lowest BCUT2D eigenvalue weighted by Gasteiger charge is -2.09. The lowest BCUT2D eigenvalue weighted by molar-refractivity contribution is 0.478. The van der Waals surface area contributed by atoms with Crippen LogP contribution in [0.5, 0.6) is 0 Å². The lowest BCUT2D eigenvalue weighted by Crippen LogP contribution is -2.26. The summed E-state index contributed by atoms with van der Waals surface area (Å²) in [5, 5.41) is 0. The molecule has 7 heteroatoms. The molecule has 1 aliphatic rings. The lowest BCUT2D eigenvalue weighted by atomic mass is 10.0. The molecule has 0 bridgehead atoms. The van der Waals surface area contributed by atoms with E-state index in [0.717, 1.165) is 44.6 Å². The second-order valence-corrected chi connectivity index (χ2v) is 9.25. The second kappa shape index (κ2) is 16.3. The standard InChI is InChI=1S/C18H30O3S.C5H11N3/c1-2-3-4-5-6-7-8-9-10-11-14-17-15-12-13-16-18(17)22(19,20)21;6-1-3-8-4-2-7-5-8/h12-13,15-16H,2-11,14H2,1H3,(H,19,20,21);5H,1-4,6H2. The van der Waals surface area contributed by atoms with Gasteiger partial charge in [-0.3, -0.25) is 9.55 Å². The molecule has 0 atom stereocenters. The van der Waals surface area contributed by atoms with Gasteiger partial charge < -0.3 is 10.6 Å². The first kappa shape index (κ1) is 26.6. The molecule has 172 valence electrons. The van der Waals surface area contributed by atoms with Gasteiger partial charge in [-0.1, -0.05) is 82.9 Å². The molecule has 3 N–H and O–H groups in total. The number of hydrogen-bond donors (Lipinski definition) is 2. The van der Waals surface area contributed by atoms with Crippen molar-refractivity contribution in [1.82, 2.24) is 4.90 Å². The van der Waals surface area contributed by atoms with Gasteiger partial charge in [-0.25, -0.2) is 0 Å². The van der Waals surface area contributed by atoms with E-state index in [1.807, 2.05) is 12.4 Å². The fourth-order valence-electron chi connectivity index (χ4n) is 3.52. The van der Waals surface area contributed by atoms with Gasteiger partial charge in [0.25, 0.3) is 10.1 Å². The van der Waals surface area contributed by atoms with Gasteiger partial charge in [0.1, 0.15) is 0 Å². The van der Waals surface area contributed by atoms with Crippen LogP contribution >= 0.6 is 0 Å². The summed E-state index contributed by atoms with van der Waals surface area (Å²) in [6.07, 6.45) is 15.2. The van der Waals surface area contributed by atoms with Gasteiger partial charge in [-0.2, -0.15) is 8.42 Å². The molecule has 0 fully saturated rings. The van der Waals surface area contributed by atoms with E-state index in [4.69, 9.17) is 5.73 Å². The normalized spacial score (nSPS) is 13.4. The van der Waals surface area contributed by atoms with E-state index >= 15 is 0 Å². The second-order valence-electron chi connectivity index (χ2n) is 7.86. The van der Waals surface area contributed by atoms with Gasteiger partial charge in [0.2, 0.25) is 0 Å². The average molecular weight is 440 g/mol. The zero-order chi connectivity index (χ0) is 22.1. The van der Waals surface area contributed by atoms with E-state index in [1.165, 1.54) is 57.4 Å². The summed E-state index contributed by atoms with van der Waals surface area (Å²) in [6.45, 7) is 5.91. The molecule has 0 aliphatic carbocycles. The van der Waals surface area contributed by atoms with Gasteiger partial charge in [-0.05, 0) is 24.5 Å². The Kier molecular flexibility index (Phi) is 14.4. The minimum absolute atomic E-state index is 0.0610. The third-order valence-electron chi connectivity index (χ3n) is 5.23. The summed E-state index contributed by atoms with van der Waals surface area (Å²) >= 11 is 0. The van der Waals surface area contributed by atoms with Crippen LogP contribution in [0.15, 0.2) is 34.2 Å². The fraction of sp³-hybridized carbons (Fsp3) is 0.696. The minimum atomic E-state index is -4.10. The largest absolute Gasteiger partial charge is 0.360 e. The van der Waals surface area contributed by atoms with Gasteiger partial charge in [-0.15, -0.1) is 0 Å². The van der Waals surface area contributed by atoms with E-state index in [0.29, 0.717) is 6.42 Å². The zero-order valence-corrected chi connectivity index (χ0v) is 19.5. The molecule has 1 heterocycles. The van der Waals surface area contributed by atoms with Gasteiger partial charge in [0, 0.05) is 19.6 Å². The number of rotatable bonds is 14. The molecule has 0 radical (unpaired) electrons. The number of nitrogens with zero attached hydrogens (tertiary/aromatic N) is 2. The van der Waals surface area contributed by atoms with Gasteiger partial charge in [0.15, 0.2) is 0 Å². The smallest absolute Gasteiger partial charge is 0.294 e. The maximum Gasteiger partial charge on any atom is 0.294 e. The Balaban J connectivity index is 0.000000467. The quantitative estimate of drug-likeness (QED) is 0.324. The van der Waals surface area contributed by atoms with Crippen LogP contribution < -0.4 is 5.73 Å². The Morgan fingerprint density at radius 3 is 2.13 bits per heavy atom. The number of benzene rings is 1. The Morgan fingerprint density at radius 1 is 1.00 bits per heavy atom. The molecule has 0 saturated heterocycles. The highest BCUT2D eigenvalue weighted by Crippen LogP contribution is 2.18. The third kappa shape index (κ3) is 12.3. The van der Waals surface area contributed by atoms with Crippen molar-refractivity contribution < 1.29 is 13.0 Å². The van der Waals surface area contributed by atoms with Crippen LogP contribution in [0, 0.1) is 0 Å². The molecule has 30 heavy (non-hydrogen) atoms. The Labute approximate surface area is 183 Å². The highest BCUT2D eigenvalue weighted by Gasteiger charge is 2.13. The zero-order valence-electron chi connectivity index (χ0n) is 18.6. The number of aliphatic imine (C=N–C) groups is 1. The van der Waals surface area contributed by atoms with Crippen LogP contribution in [0.1, 0.15) is 76.7 Å². The molecule has 0 unspecified atom stereocenters. The van der Waals surface area contributed by atoms with Gasteiger partial charge in [0.05, 0.1) is 17.8 Å². The number of aryl methyl sites for hydroxylation is 1. The van der Waals surface area contributed by atoms with E-state index in [-0.39, 0.29) is 4.90 Å². The first-order valence-electron chi connectivity index (χ1n) is 11.5. The molecule has 0 amide bonds. The van der Waals surface area contributed by atoms with E-state index in [2.05, 4.69) is 16.8 Å². The van der Waals surface area contributed by atoms with Crippen molar-refractivity contribution in [2.24, 2.45) is 10.7 Å². The maximum absolute atomic E-state index is 11.3. The van der Waals surface area contributed by atoms with Crippen LogP contribution in [0.3, 0.4) is 0 Å². The molecule has 0 saturated carbocycles. The van der Waals surface area contributed by atoms with Crippen molar-refractivity contribution in [1.29, 1.82) is 0 Å². The Morgan fingerprint density at radius 2 is 1.60 bits per heavy atom. The third-order valence-corrected chi connectivity index (χ3v) is 6.18. The number of hydrogen-bond acceptors (Lipinski definition) is 5. The van der Waals surface area contributed by atoms with Crippen molar-refractivity contribution in [2.75, 3.05) is 26.2 Å². The molecule has 0 aromatic heterocycles. The predicted octanol–water partition coefficient (Wildman–Crippen LogP) is 4.69. The van der Waals surface area contributed by atoms with Crippen molar-refractivity contribution in [2.45, 2.75) is 82.4 Å². The van der Waals surface area contributed by atoms with Crippen LogP contribution in [0.4, 0.5) is 0 Å². The summed E-state index contributed by atoms with van der Waals surface area (Å²) in [5.74, 6) is 0. The molecular weight excluding hydrogens is 398 g/mol. The summed E-state index contributed by atoms with van der Waals surface area (Å²) < 4.78 is 31.8. The monoisotopic (exact) mass is 439 g/mol. The predicted molar refractivity (Wildman–Crippen MR) is 126 cm³/mol. The topological polar surface area (TPSA) is 96.0 Å². The Bertz CT molecular complexity index is 693.